The Morgan fingerprint density at radius 2 is 2.11 bits per heavy atom. The van der Waals surface area contributed by atoms with Gasteiger partial charge in [-0.2, -0.15) is 0 Å². The zero-order chi connectivity index (χ0) is 7.44. The second kappa shape index (κ2) is 3.85. The average molecular weight is 150 g/mol. The maximum atomic E-state index is 10.3. The molecule has 3 heteroatoms. The summed E-state index contributed by atoms with van der Waals surface area (Å²) >= 11 is 5.14. The van der Waals surface area contributed by atoms with Crippen LogP contribution in [0.4, 0.5) is 0 Å². The predicted octanol–water partition coefficient (Wildman–Crippen LogP) is 1.09. The molecule has 0 atom stereocenters. The molecule has 0 aromatic rings. The van der Waals surface area contributed by atoms with Crippen molar-refractivity contribution in [3.63, 3.8) is 0 Å². The maximum Gasteiger partial charge on any atom is 0.235 e. The Balaban J connectivity index is 3.50. The van der Waals surface area contributed by atoms with Gasteiger partial charge in [-0.1, -0.05) is 0 Å². The second-order valence-electron chi connectivity index (χ2n) is 2.36. The fraction of sp³-hybridized carbons (Fsp3) is 0.833. The Morgan fingerprint density at radius 3 is 2.22 bits per heavy atom. The monoisotopic (exact) mass is 149 g/mol. The molecule has 0 spiro atoms. The highest BCUT2D eigenvalue weighted by Crippen LogP contribution is 1.93. The molecular formula is C6H12ClNO. The lowest BCUT2D eigenvalue weighted by molar-refractivity contribution is -0.112. The van der Waals surface area contributed by atoms with E-state index >= 15 is 0 Å². The second-order valence-corrected chi connectivity index (χ2v) is 2.79. The summed E-state index contributed by atoms with van der Waals surface area (Å²) in [6.45, 7) is 4.36. The van der Waals surface area contributed by atoms with Gasteiger partial charge < -0.3 is 0 Å². The number of carbonyl (C=O) groups excluding carboxylic acids is 1. The van der Waals surface area contributed by atoms with E-state index in [-0.39, 0.29) is 5.24 Å². The van der Waals surface area contributed by atoms with Gasteiger partial charge in [-0.15, -0.1) is 0 Å². The Morgan fingerprint density at radius 1 is 1.67 bits per heavy atom. The highest BCUT2D eigenvalue weighted by Gasteiger charge is 2.05. The SMILES string of the molecule is CC(C)N(C)CC(=O)Cl. The van der Waals surface area contributed by atoms with Crippen LogP contribution in [0.1, 0.15) is 13.8 Å². The van der Waals surface area contributed by atoms with Crippen LogP contribution in [-0.2, 0) is 4.79 Å². The highest BCUT2D eigenvalue weighted by atomic mass is 35.5. The molecule has 0 N–H and O–H groups in total. The van der Waals surface area contributed by atoms with E-state index in [0.29, 0.717) is 12.6 Å². The van der Waals surface area contributed by atoms with Crippen LogP contribution in [0.25, 0.3) is 0 Å². The number of carbonyl (C=O) groups is 1. The van der Waals surface area contributed by atoms with Crippen molar-refractivity contribution >= 4 is 16.8 Å². The minimum atomic E-state index is -0.300. The predicted molar refractivity (Wildman–Crippen MR) is 38.6 cm³/mol. The van der Waals surface area contributed by atoms with Crippen molar-refractivity contribution in [3.8, 4) is 0 Å². The van der Waals surface area contributed by atoms with E-state index in [1.807, 2.05) is 25.8 Å². The van der Waals surface area contributed by atoms with Crippen molar-refractivity contribution in [2.75, 3.05) is 13.6 Å². The lowest BCUT2D eigenvalue weighted by Crippen LogP contribution is -2.29. The van der Waals surface area contributed by atoms with E-state index < -0.39 is 0 Å². The fourth-order valence-corrected chi connectivity index (χ4v) is 0.567. The molecule has 0 radical (unpaired) electrons. The van der Waals surface area contributed by atoms with Crippen LogP contribution >= 0.6 is 11.6 Å². The van der Waals surface area contributed by atoms with Crippen molar-refractivity contribution in [1.82, 2.24) is 4.90 Å². The summed E-state index contributed by atoms with van der Waals surface area (Å²) < 4.78 is 0. The Bertz CT molecular complexity index is 103. The van der Waals surface area contributed by atoms with Crippen LogP contribution in [0, 0.1) is 0 Å². The topological polar surface area (TPSA) is 20.3 Å². The third-order valence-corrected chi connectivity index (χ3v) is 1.37. The third kappa shape index (κ3) is 4.43. The van der Waals surface area contributed by atoms with Gasteiger partial charge in [-0.3, -0.25) is 9.69 Å². The average Bonchev–Trinajstić information content (AvgIpc) is 1.63. The summed E-state index contributed by atoms with van der Waals surface area (Å²) in [6.07, 6.45) is 0. The molecule has 2 nitrogen and oxygen atoms in total. The van der Waals surface area contributed by atoms with Gasteiger partial charge >= 0.3 is 0 Å². The van der Waals surface area contributed by atoms with E-state index in [0.717, 1.165) is 0 Å². The van der Waals surface area contributed by atoms with Crippen molar-refractivity contribution in [3.05, 3.63) is 0 Å². The first-order valence-electron chi connectivity index (χ1n) is 2.92. The number of halogens is 1. The minimum absolute atomic E-state index is 0.300. The number of rotatable bonds is 3. The van der Waals surface area contributed by atoms with Crippen LogP contribution in [0.3, 0.4) is 0 Å². The van der Waals surface area contributed by atoms with Gasteiger partial charge in [0.15, 0.2) is 0 Å². The van der Waals surface area contributed by atoms with Gasteiger partial charge in [0.1, 0.15) is 0 Å². The standard InChI is InChI=1S/C6H12ClNO/c1-5(2)8(3)4-6(7)9/h5H,4H2,1-3H3. The van der Waals surface area contributed by atoms with Gasteiger partial charge in [0, 0.05) is 6.04 Å². The van der Waals surface area contributed by atoms with Crippen LogP contribution in [-0.4, -0.2) is 29.8 Å². The first-order chi connectivity index (χ1) is 4.04. The molecule has 0 fully saturated rings. The van der Waals surface area contributed by atoms with Crippen LogP contribution in [0.2, 0.25) is 0 Å². The number of hydrogen-bond acceptors (Lipinski definition) is 2. The molecule has 0 unspecified atom stereocenters. The van der Waals surface area contributed by atoms with E-state index in [9.17, 15) is 4.79 Å². The van der Waals surface area contributed by atoms with Crippen LogP contribution in [0.15, 0.2) is 0 Å². The summed E-state index contributed by atoms with van der Waals surface area (Å²) in [4.78, 5) is 12.2. The van der Waals surface area contributed by atoms with Gasteiger partial charge in [0.05, 0.1) is 6.54 Å². The van der Waals surface area contributed by atoms with Crippen LogP contribution < -0.4 is 0 Å². The molecule has 0 bridgehead atoms. The smallest absolute Gasteiger partial charge is 0.235 e. The third-order valence-electron chi connectivity index (χ3n) is 1.26. The van der Waals surface area contributed by atoms with E-state index in [1.54, 1.807) is 0 Å². The molecule has 9 heavy (non-hydrogen) atoms. The van der Waals surface area contributed by atoms with Crippen molar-refractivity contribution < 1.29 is 4.79 Å². The largest absolute Gasteiger partial charge is 0.296 e. The molecule has 0 rings (SSSR count). The lowest BCUT2D eigenvalue weighted by atomic mass is 10.3. The van der Waals surface area contributed by atoms with E-state index in [4.69, 9.17) is 11.6 Å². The van der Waals surface area contributed by atoms with Crippen molar-refractivity contribution in [2.24, 2.45) is 0 Å². The quantitative estimate of drug-likeness (QED) is 0.560. The molecule has 0 aliphatic carbocycles. The van der Waals surface area contributed by atoms with Gasteiger partial charge in [-0.05, 0) is 32.5 Å². The van der Waals surface area contributed by atoms with Gasteiger partial charge in [-0.25, -0.2) is 0 Å². The number of hydrogen-bond donors (Lipinski definition) is 0. The Labute approximate surface area is 60.8 Å². The van der Waals surface area contributed by atoms with Gasteiger partial charge in [0.2, 0.25) is 5.24 Å². The molecule has 54 valence electrons. The zero-order valence-electron chi connectivity index (χ0n) is 6.02. The molecule has 0 saturated carbocycles. The molecule has 0 aliphatic heterocycles. The summed E-state index contributed by atoms with van der Waals surface area (Å²) in [5, 5.41) is -0.300. The molecule has 0 amide bonds. The maximum absolute atomic E-state index is 10.3. The van der Waals surface area contributed by atoms with Crippen molar-refractivity contribution in [1.29, 1.82) is 0 Å². The molecule has 0 heterocycles. The first-order valence-corrected chi connectivity index (χ1v) is 3.30. The Kier molecular flexibility index (Phi) is 3.82. The fourth-order valence-electron chi connectivity index (χ4n) is 0.379. The zero-order valence-corrected chi connectivity index (χ0v) is 6.77. The van der Waals surface area contributed by atoms with Crippen LogP contribution in [0.5, 0.6) is 0 Å². The van der Waals surface area contributed by atoms with E-state index in [1.165, 1.54) is 0 Å². The Hall–Kier alpha value is -0.0800. The molecular weight excluding hydrogens is 138 g/mol. The summed E-state index contributed by atoms with van der Waals surface area (Å²) in [5.41, 5.74) is 0. The van der Waals surface area contributed by atoms with E-state index in [2.05, 4.69) is 0 Å². The first kappa shape index (κ1) is 8.92. The number of nitrogens with zero attached hydrogens (tertiary/aromatic N) is 1. The molecule has 0 aromatic carbocycles. The van der Waals surface area contributed by atoms with Gasteiger partial charge in [0.25, 0.3) is 0 Å². The summed E-state index contributed by atoms with van der Waals surface area (Å²) in [5.74, 6) is 0. The minimum Gasteiger partial charge on any atom is -0.296 e. The molecule has 0 aromatic heterocycles. The lowest BCUT2D eigenvalue weighted by Gasteiger charge is -2.17. The van der Waals surface area contributed by atoms with Crippen molar-refractivity contribution in [2.45, 2.75) is 19.9 Å². The molecule has 0 aliphatic rings. The normalized spacial score (nSPS) is 10.9. The summed E-state index contributed by atoms with van der Waals surface area (Å²) in [6, 6.07) is 0.382. The summed E-state index contributed by atoms with van der Waals surface area (Å²) in [7, 11) is 1.87. The highest BCUT2D eigenvalue weighted by molar-refractivity contribution is 6.64. The number of likely N-dealkylation sites (N-methyl/N-ethyl adjacent to an activating group) is 1. The molecule has 0 saturated heterocycles.